The highest BCUT2D eigenvalue weighted by Crippen LogP contribution is 2.39. The molecule has 0 saturated carbocycles. The van der Waals surface area contributed by atoms with E-state index < -0.39 is 23.4 Å². The average molecular weight is 512 g/mol. The van der Waals surface area contributed by atoms with Gasteiger partial charge in [0, 0.05) is 16.8 Å². The number of alkyl halides is 3. The van der Waals surface area contributed by atoms with Crippen molar-refractivity contribution in [1.82, 2.24) is 4.98 Å². The lowest BCUT2D eigenvalue weighted by molar-refractivity contribution is -0.137. The molecule has 0 bridgehead atoms. The summed E-state index contributed by atoms with van der Waals surface area (Å²) < 4.78 is 67.2. The fourth-order valence-electron chi connectivity index (χ4n) is 4.55. The normalized spacial score (nSPS) is 11.8. The highest BCUT2D eigenvalue weighted by atomic mass is 19.4. The van der Waals surface area contributed by atoms with Crippen LogP contribution in [0.15, 0.2) is 72.8 Å². The van der Waals surface area contributed by atoms with Crippen LogP contribution in [0.3, 0.4) is 0 Å². The zero-order chi connectivity index (χ0) is 26.7. The molecular formula is C30H26F5NO. The van der Waals surface area contributed by atoms with Crippen molar-refractivity contribution in [2.24, 2.45) is 0 Å². The molecule has 37 heavy (non-hydrogen) atoms. The molecule has 1 heterocycles. The highest BCUT2D eigenvalue weighted by molar-refractivity contribution is 5.79. The predicted molar refractivity (Wildman–Crippen MR) is 134 cm³/mol. The van der Waals surface area contributed by atoms with Gasteiger partial charge < -0.3 is 5.11 Å². The molecule has 4 aromatic rings. The van der Waals surface area contributed by atoms with Gasteiger partial charge in [-0.25, -0.2) is 8.78 Å². The van der Waals surface area contributed by atoms with E-state index in [1.54, 1.807) is 30.3 Å². The minimum Gasteiger partial charge on any atom is -0.392 e. The number of benzene rings is 3. The van der Waals surface area contributed by atoms with E-state index in [1.165, 1.54) is 30.3 Å². The lowest BCUT2D eigenvalue weighted by Gasteiger charge is -2.23. The molecule has 0 aliphatic carbocycles. The number of aromatic nitrogens is 1. The molecule has 0 spiro atoms. The van der Waals surface area contributed by atoms with Gasteiger partial charge in [-0.2, -0.15) is 13.2 Å². The second-order valence-corrected chi connectivity index (χ2v) is 9.20. The maximum atomic E-state index is 13.8. The van der Waals surface area contributed by atoms with Gasteiger partial charge in [-0.05, 0) is 83.5 Å². The van der Waals surface area contributed by atoms with Gasteiger partial charge in [0.25, 0.3) is 0 Å². The summed E-state index contributed by atoms with van der Waals surface area (Å²) in [5.74, 6) is -0.894. The molecule has 2 nitrogen and oxygen atoms in total. The average Bonchev–Trinajstić information content (AvgIpc) is 2.87. The quantitative estimate of drug-likeness (QED) is 0.254. The van der Waals surface area contributed by atoms with E-state index in [1.807, 2.05) is 13.8 Å². The minimum absolute atomic E-state index is 0.0670. The van der Waals surface area contributed by atoms with Crippen LogP contribution >= 0.6 is 0 Å². The Morgan fingerprint density at radius 2 is 1.38 bits per heavy atom. The number of hydrogen-bond donors (Lipinski definition) is 1. The number of aryl methyl sites for hydroxylation is 1. The lowest BCUT2D eigenvalue weighted by atomic mass is 9.85. The Kier molecular flexibility index (Phi) is 7.73. The zero-order valence-corrected chi connectivity index (χ0v) is 20.4. The van der Waals surface area contributed by atoms with E-state index in [9.17, 15) is 27.1 Å². The van der Waals surface area contributed by atoms with Crippen molar-refractivity contribution in [3.05, 3.63) is 112 Å². The molecule has 7 heteroatoms. The minimum atomic E-state index is -4.44. The van der Waals surface area contributed by atoms with E-state index in [-0.39, 0.29) is 12.5 Å². The van der Waals surface area contributed by atoms with Crippen LogP contribution in [-0.2, 0) is 25.6 Å². The molecule has 1 aromatic heterocycles. The molecule has 0 amide bonds. The van der Waals surface area contributed by atoms with Crippen LogP contribution in [0.2, 0.25) is 0 Å². The van der Waals surface area contributed by atoms with Gasteiger partial charge in [0.2, 0.25) is 0 Å². The largest absolute Gasteiger partial charge is 0.416 e. The predicted octanol–water partition coefficient (Wildman–Crippen LogP) is 8.11. The lowest BCUT2D eigenvalue weighted by Crippen LogP contribution is -2.11. The molecule has 192 valence electrons. The number of rotatable bonds is 7. The van der Waals surface area contributed by atoms with E-state index in [0.29, 0.717) is 52.0 Å². The third-order valence-corrected chi connectivity index (χ3v) is 6.30. The Balaban J connectivity index is 1.91. The molecule has 4 rings (SSSR count). The maximum absolute atomic E-state index is 13.8. The summed E-state index contributed by atoms with van der Waals surface area (Å²) in [7, 11) is 0. The van der Waals surface area contributed by atoms with Crippen molar-refractivity contribution >= 4 is 0 Å². The third-order valence-electron chi connectivity index (χ3n) is 6.30. The van der Waals surface area contributed by atoms with Crippen LogP contribution in [0, 0.1) is 11.6 Å². The van der Waals surface area contributed by atoms with Gasteiger partial charge in [-0.1, -0.05) is 44.2 Å². The molecular weight excluding hydrogens is 485 g/mol. The van der Waals surface area contributed by atoms with Gasteiger partial charge in [-0.15, -0.1) is 0 Å². The van der Waals surface area contributed by atoms with Gasteiger partial charge in [-0.3, -0.25) is 4.98 Å². The van der Waals surface area contributed by atoms with Crippen LogP contribution in [0.5, 0.6) is 0 Å². The van der Waals surface area contributed by atoms with Crippen LogP contribution in [0.1, 0.15) is 47.7 Å². The van der Waals surface area contributed by atoms with Gasteiger partial charge >= 0.3 is 6.18 Å². The topological polar surface area (TPSA) is 33.1 Å². The third kappa shape index (κ3) is 5.88. The zero-order valence-electron chi connectivity index (χ0n) is 20.4. The summed E-state index contributed by atoms with van der Waals surface area (Å²) in [5.41, 5.74) is 4.17. The van der Waals surface area contributed by atoms with Crippen molar-refractivity contribution in [3.8, 4) is 22.4 Å². The monoisotopic (exact) mass is 511 g/mol. The summed E-state index contributed by atoms with van der Waals surface area (Å²) in [5, 5.41) is 10.5. The molecule has 3 aromatic carbocycles. The van der Waals surface area contributed by atoms with E-state index in [0.717, 1.165) is 17.7 Å². The summed E-state index contributed by atoms with van der Waals surface area (Å²) in [4.78, 5) is 4.88. The number of nitrogens with zero attached hydrogens (tertiary/aromatic N) is 1. The first-order chi connectivity index (χ1) is 17.6. The highest BCUT2D eigenvalue weighted by Gasteiger charge is 2.30. The smallest absolute Gasteiger partial charge is 0.392 e. The van der Waals surface area contributed by atoms with Crippen molar-refractivity contribution in [2.45, 2.75) is 45.4 Å². The van der Waals surface area contributed by atoms with Crippen molar-refractivity contribution in [3.63, 3.8) is 0 Å². The van der Waals surface area contributed by atoms with Gasteiger partial charge in [0.05, 0.1) is 17.9 Å². The maximum Gasteiger partial charge on any atom is 0.416 e. The van der Waals surface area contributed by atoms with Crippen LogP contribution in [0.4, 0.5) is 22.0 Å². The molecule has 0 aliphatic rings. The standard InChI is InChI=1S/C30H26F5NO/c1-18(2)28-25(15-6-19-4-3-5-22(16-19)30(33,34)35)27(20-7-11-23(31)12-8-20)26(17-37)29(36-28)21-9-13-24(32)14-10-21/h3-5,7-14,16,18,37H,6,15,17H2,1-2H3. The molecule has 0 unspecified atom stereocenters. The van der Waals surface area contributed by atoms with Crippen LogP contribution in [-0.4, -0.2) is 10.1 Å². The van der Waals surface area contributed by atoms with Gasteiger partial charge in [0.1, 0.15) is 11.6 Å². The van der Waals surface area contributed by atoms with Crippen molar-refractivity contribution in [1.29, 1.82) is 0 Å². The van der Waals surface area contributed by atoms with Crippen molar-refractivity contribution < 1.29 is 27.1 Å². The first kappa shape index (κ1) is 26.5. The summed E-state index contributed by atoms with van der Waals surface area (Å²) in [6.07, 6.45) is -3.79. The van der Waals surface area contributed by atoms with Crippen LogP contribution < -0.4 is 0 Å². The summed E-state index contributed by atoms with van der Waals surface area (Å²) in [6, 6.07) is 16.9. The number of halogens is 5. The van der Waals surface area contributed by atoms with Crippen LogP contribution in [0.25, 0.3) is 22.4 Å². The Morgan fingerprint density at radius 1 is 0.784 bits per heavy atom. The van der Waals surface area contributed by atoms with E-state index in [2.05, 4.69) is 0 Å². The number of hydrogen-bond acceptors (Lipinski definition) is 2. The Morgan fingerprint density at radius 3 is 1.92 bits per heavy atom. The summed E-state index contributed by atoms with van der Waals surface area (Å²) in [6.45, 7) is 3.52. The fourth-order valence-corrected chi connectivity index (χ4v) is 4.55. The number of aliphatic hydroxyl groups excluding tert-OH is 1. The second-order valence-electron chi connectivity index (χ2n) is 9.20. The number of pyridine rings is 1. The molecule has 0 aliphatic heterocycles. The van der Waals surface area contributed by atoms with Crippen molar-refractivity contribution in [2.75, 3.05) is 0 Å². The Hall–Kier alpha value is -3.58. The number of aliphatic hydroxyl groups is 1. The van der Waals surface area contributed by atoms with E-state index >= 15 is 0 Å². The molecule has 1 N–H and O–H groups in total. The molecule has 0 saturated heterocycles. The summed E-state index contributed by atoms with van der Waals surface area (Å²) >= 11 is 0. The second kappa shape index (κ2) is 10.8. The first-order valence-electron chi connectivity index (χ1n) is 11.9. The Labute approximate surface area is 212 Å². The first-order valence-corrected chi connectivity index (χ1v) is 11.9. The molecule has 0 atom stereocenters. The Bertz CT molecular complexity index is 1380. The molecule has 0 radical (unpaired) electrons. The molecule has 0 fully saturated rings. The fraction of sp³-hybridized carbons (Fsp3) is 0.233. The SMILES string of the molecule is CC(C)c1nc(-c2ccc(F)cc2)c(CO)c(-c2ccc(F)cc2)c1CCc1cccc(C(F)(F)F)c1. The van der Waals surface area contributed by atoms with E-state index in [4.69, 9.17) is 4.98 Å². The van der Waals surface area contributed by atoms with Gasteiger partial charge in [0.15, 0.2) is 0 Å².